The minimum Gasteiger partial charge on any atom is -0.459 e. The highest BCUT2D eigenvalue weighted by Crippen LogP contribution is 2.54. The van der Waals surface area contributed by atoms with E-state index in [9.17, 15) is 0 Å². The van der Waals surface area contributed by atoms with E-state index in [0.29, 0.717) is 0 Å². The molecule has 54 heavy (non-hydrogen) atoms. The van der Waals surface area contributed by atoms with E-state index in [1.165, 1.54) is 44.0 Å². The van der Waals surface area contributed by atoms with Crippen LogP contribution in [0.3, 0.4) is 0 Å². The molecule has 0 spiro atoms. The maximum Gasteiger partial charge on any atom is 0.134 e. The predicted octanol–water partition coefficient (Wildman–Crippen LogP) is 14.5. The molecule has 1 aromatic heterocycles. The molecule has 8 aromatic carbocycles. The molecule has 0 amide bonds. The molecule has 0 saturated heterocycles. The number of hydrogen-bond donors (Lipinski definition) is 0. The smallest absolute Gasteiger partial charge is 0.134 e. The molecule has 1 heterocycles. The van der Waals surface area contributed by atoms with E-state index < -0.39 is 0 Å². The van der Waals surface area contributed by atoms with Crippen molar-refractivity contribution in [3.8, 4) is 22.3 Å². The molecule has 9 aromatic rings. The maximum absolute atomic E-state index is 6.54. The lowest BCUT2D eigenvalue weighted by Gasteiger charge is -2.29. The van der Waals surface area contributed by atoms with Crippen LogP contribution in [0.2, 0.25) is 0 Å². The highest BCUT2D eigenvalue weighted by Gasteiger charge is 2.41. The van der Waals surface area contributed by atoms with Crippen molar-refractivity contribution in [1.82, 2.24) is 0 Å². The molecule has 0 atom stereocenters. The maximum atomic E-state index is 6.54. The number of fused-ring (bicyclic) bond motifs is 6. The number of rotatable bonds is 7. The van der Waals surface area contributed by atoms with Gasteiger partial charge in [0.1, 0.15) is 11.3 Å². The number of furan rings is 1. The summed E-state index contributed by atoms with van der Waals surface area (Å²) in [5, 5.41) is 3.59. The fraction of sp³-hybridized carbons (Fsp3) is 0.0588. The van der Waals surface area contributed by atoms with Crippen molar-refractivity contribution in [2.45, 2.75) is 19.3 Å². The van der Waals surface area contributed by atoms with Crippen LogP contribution in [0, 0.1) is 0 Å². The summed E-state index contributed by atoms with van der Waals surface area (Å²) in [5.74, 6) is 1.04. The Morgan fingerprint density at radius 2 is 0.944 bits per heavy atom. The number of benzene rings is 8. The second-order valence-corrected chi connectivity index (χ2v) is 14.6. The molecule has 0 N–H and O–H groups in total. The normalized spacial score (nSPS) is 12.8. The van der Waals surface area contributed by atoms with Crippen molar-refractivity contribution in [3.05, 3.63) is 205 Å². The Hall–Kier alpha value is -6.84. The lowest BCUT2D eigenvalue weighted by atomic mass is 9.85. The Bertz CT molecular complexity index is 2740. The average Bonchev–Trinajstić information content (AvgIpc) is 3.72. The van der Waals surface area contributed by atoms with Gasteiger partial charge in [0.2, 0.25) is 0 Å². The molecule has 0 saturated carbocycles. The van der Waals surface area contributed by atoms with Gasteiger partial charge in [0, 0.05) is 50.2 Å². The number of anilines is 6. The third-order valence-electron chi connectivity index (χ3n) is 11.0. The number of para-hydroxylation sites is 3. The third-order valence-corrected chi connectivity index (χ3v) is 11.0. The zero-order chi connectivity index (χ0) is 36.2. The van der Waals surface area contributed by atoms with E-state index in [0.717, 1.165) is 45.5 Å². The Morgan fingerprint density at radius 1 is 0.426 bits per heavy atom. The second kappa shape index (κ2) is 12.7. The molecule has 258 valence electrons. The van der Waals surface area contributed by atoms with Crippen LogP contribution in [-0.4, -0.2) is 0 Å². The van der Waals surface area contributed by atoms with Gasteiger partial charge in [-0.1, -0.05) is 121 Å². The molecule has 3 nitrogen and oxygen atoms in total. The van der Waals surface area contributed by atoms with Gasteiger partial charge < -0.3 is 14.2 Å². The van der Waals surface area contributed by atoms with Crippen molar-refractivity contribution in [2.24, 2.45) is 0 Å². The quantitative estimate of drug-likeness (QED) is 0.166. The Labute approximate surface area is 316 Å². The molecule has 0 fully saturated rings. The molecule has 1 aliphatic carbocycles. The first-order valence-corrected chi connectivity index (χ1v) is 18.6. The van der Waals surface area contributed by atoms with Crippen LogP contribution in [-0.2, 0) is 5.41 Å². The van der Waals surface area contributed by atoms with Crippen molar-refractivity contribution < 1.29 is 4.42 Å². The van der Waals surface area contributed by atoms with E-state index in [1.807, 2.05) is 6.07 Å². The van der Waals surface area contributed by atoms with Gasteiger partial charge in [-0.2, -0.15) is 0 Å². The minimum absolute atomic E-state index is 0.281. The van der Waals surface area contributed by atoms with Gasteiger partial charge in [0.15, 0.2) is 0 Å². The van der Waals surface area contributed by atoms with Crippen LogP contribution >= 0.6 is 0 Å². The van der Waals surface area contributed by atoms with Gasteiger partial charge in [-0.15, -0.1) is 0 Å². The topological polar surface area (TPSA) is 19.6 Å². The van der Waals surface area contributed by atoms with Crippen molar-refractivity contribution in [2.75, 3.05) is 9.80 Å². The van der Waals surface area contributed by atoms with E-state index in [-0.39, 0.29) is 5.41 Å². The largest absolute Gasteiger partial charge is 0.459 e. The van der Waals surface area contributed by atoms with Gasteiger partial charge in [0.25, 0.3) is 0 Å². The van der Waals surface area contributed by atoms with Gasteiger partial charge in [-0.05, 0) is 114 Å². The molecule has 10 rings (SSSR count). The van der Waals surface area contributed by atoms with Gasteiger partial charge in [0.05, 0.1) is 5.69 Å². The Kier molecular flexibility index (Phi) is 7.48. The minimum atomic E-state index is -0.281. The fourth-order valence-electron chi connectivity index (χ4n) is 8.32. The van der Waals surface area contributed by atoms with E-state index in [4.69, 9.17) is 4.42 Å². The predicted molar refractivity (Wildman–Crippen MR) is 226 cm³/mol. The summed E-state index contributed by atoms with van der Waals surface area (Å²) < 4.78 is 6.54. The SMILES string of the molecule is CC1(C)c2cc(N(c3ccc(-c4ccc(N(c5ccccc5)c5ccccc5)cc4)cc3)c3cccc4ccccc34)ccc2-c2c1oc1ccccc21. The first-order valence-electron chi connectivity index (χ1n) is 18.6. The van der Waals surface area contributed by atoms with Gasteiger partial charge in [-0.3, -0.25) is 0 Å². The fourth-order valence-corrected chi connectivity index (χ4v) is 8.32. The Morgan fingerprint density at radius 3 is 1.61 bits per heavy atom. The van der Waals surface area contributed by atoms with Crippen LogP contribution in [0.15, 0.2) is 199 Å². The molecular weight excluding hydrogens is 657 g/mol. The highest BCUT2D eigenvalue weighted by atomic mass is 16.3. The zero-order valence-electron chi connectivity index (χ0n) is 30.3. The molecule has 1 aliphatic rings. The van der Waals surface area contributed by atoms with Gasteiger partial charge in [-0.25, -0.2) is 0 Å². The van der Waals surface area contributed by atoms with Crippen LogP contribution < -0.4 is 9.80 Å². The van der Waals surface area contributed by atoms with Gasteiger partial charge >= 0.3 is 0 Å². The van der Waals surface area contributed by atoms with Crippen molar-refractivity contribution in [3.63, 3.8) is 0 Å². The van der Waals surface area contributed by atoms with Crippen LogP contribution in [0.5, 0.6) is 0 Å². The molecule has 0 unspecified atom stereocenters. The summed E-state index contributed by atoms with van der Waals surface area (Å²) in [6.45, 7) is 4.57. The summed E-state index contributed by atoms with van der Waals surface area (Å²) in [4.78, 5) is 4.70. The first-order chi connectivity index (χ1) is 26.5. The summed E-state index contributed by atoms with van der Waals surface area (Å²) in [6, 6.07) is 69.5. The molecule has 0 radical (unpaired) electrons. The number of nitrogens with zero attached hydrogens (tertiary/aromatic N) is 2. The highest BCUT2D eigenvalue weighted by molar-refractivity contribution is 6.02. The molecule has 0 bridgehead atoms. The monoisotopic (exact) mass is 694 g/mol. The van der Waals surface area contributed by atoms with E-state index >= 15 is 0 Å². The summed E-state index contributed by atoms with van der Waals surface area (Å²) in [5.41, 5.74) is 13.5. The summed E-state index contributed by atoms with van der Waals surface area (Å²) in [7, 11) is 0. The van der Waals surface area contributed by atoms with Crippen molar-refractivity contribution >= 4 is 55.9 Å². The van der Waals surface area contributed by atoms with Crippen LogP contribution in [0.25, 0.3) is 44.0 Å². The second-order valence-electron chi connectivity index (χ2n) is 14.6. The van der Waals surface area contributed by atoms with E-state index in [1.54, 1.807) is 0 Å². The summed E-state index contributed by atoms with van der Waals surface area (Å²) >= 11 is 0. The molecule has 0 aliphatic heterocycles. The summed E-state index contributed by atoms with van der Waals surface area (Å²) in [6.07, 6.45) is 0. The van der Waals surface area contributed by atoms with Crippen LogP contribution in [0.4, 0.5) is 34.1 Å². The average molecular weight is 695 g/mol. The lowest BCUT2D eigenvalue weighted by molar-refractivity contribution is 0.465. The third kappa shape index (κ3) is 5.20. The molecular formula is C51H38N2O. The number of hydrogen-bond acceptors (Lipinski definition) is 3. The lowest BCUT2D eigenvalue weighted by Crippen LogP contribution is -2.16. The first kappa shape index (κ1) is 31.9. The van der Waals surface area contributed by atoms with Crippen LogP contribution in [0.1, 0.15) is 25.2 Å². The molecule has 3 heteroatoms. The standard InChI is InChI=1S/C51H38N2O/c1-51(2)46-34-42(32-33-44(46)49-45-21-11-12-23-48(45)54-50(49)51)53(47-22-13-15-37-14-9-10-20-43(37)47)41-30-26-36(27-31-41)35-24-28-40(29-25-35)52(38-16-5-3-6-17-38)39-18-7-4-8-19-39/h3-34H,1-2H3. The zero-order valence-corrected chi connectivity index (χ0v) is 30.3. The van der Waals surface area contributed by atoms with E-state index in [2.05, 4.69) is 212 Å². The van der Waals surface area contributed by atoms with Crippen molar-refractivity contribution in [1.29, 1.82) is 0 Å². The Balaban J connectivity index is 1.05.